The van der Waals surface area contributed by atoms with Gasteiger partial charge in [-0.3, -0.25) is 0 Å². The lowest BCUT2D eigenvalue weighted by molar-refractivity contribution is 0.0526. The highest BCUT2D eigenvalue weighted by Gasteiger charge is 2.15. The van der Waals surface area contributed by atoms with Gasteiger partial charge >= 0.3 is 5.97 Å². The number of carbonyl (C=O) groups is 1. The van der Waals surface area contributed by atoms with Gasteiger partial charge < -0.3 is 15.2 Å². The second kappa shape index (κ2) is 6.47. The lowest BCUT2D eigenvalue weighted by Crippen LogP contribution is -2.23. The van der Waals surface area contributed by atoms with Crippen LogP contribution in [0.1, 0.15) is 24.2 Å². The molecule has 4 nitrogen and oxygen atoms in total. The first-order chi connectivity index (χ1) is 8.06. The summed E-state index contributed by atoms with van der Waals surface area (Å²) in [4.78, 5) is 11.6. The van der Waals surface area contributed by atoms with Crippen LogP contribution in [0.15, 0.2) is 18.2 Å². The molecule has 0 aliphatic rings. The number of halogens is 1. The van der Waals surface area contributed by atoms with E-state index in [1.165, 1.54) is 0 Å². The number of rotatable bonds is 5. The lowest BCUT2D eigenvalue weighted by atomic mass is 10.2. The zero-order chi connectivity index (χ0) is 12.8. The molecule has 0 amide bonds. The van der Waals surface area contributed by atoms with E-state index in [0.29, 0.717) is 24.5 Å². The molecule has 0 spiro atoms. The summed E-state index contributed by atoms with van der Waals surface area (Å²) in [5.74, 6) is -0.0155. The minimum absolute atomic E-state index is 0.0997. The number of carbonyl (C=O) groups excluding carboxylic acids is 1. The van der Waals surface area contributed by atoms with Crippen LogP contribution in [0, 0.1) is 0 Å². The average molecular weight is 258 g/mol. The number of hydrogen-bond donors (Lipinski definition) is 1. The molecule has 0 fully saturated rings. The van der Waals surface area contributed by atoms with Gasteiger partial charge in [0, 0.05) is 6.04 Å². The van der Waals surface area contributed by atoms with Crippen molar-refractivity contribution >= 4 is 17.6 Å². The summed E-state index contributed by atoms with van der Waals surface area (Å²) >= 11 is 6.06. The molecule has 94 valence electrons. The van der Waals surface area contributed by atoms with E-state index >= 15 is 0 Å². The van der Waals surface area contributed by atoms with Gasteiger partial charge in [0.1, 0.15) is 12.4 Å². The largest absolute Gasteiger partial charge is 0.490 e. The summed E-state index contributed by atoms with van der Waals surface area (Å²) < 4.78 is 10.3. The second-order valence-electron chi connectivity index (χ2n) is 3.63. The van der Waals surface area contributed by atoms with Gasteiger partial charge in [0.15, 0.2) is 0 Å². The quantitative estimate of drug-likeness (QED) is 0.822. The molecule has 1 unspecified atom stereocenters. The predicted octanol–water partition coefficient (Wildman–Crippen LogP) is 2.24. The molecule has 0 saturated heterocycles. The third-order valence-corrected chi connectivity index (χ3v) is 2.35. The summed E-state index contributed by atoms with van der Waals surface area (Å²) in [6.07, 6.45) is 0. The third-order valence-electron chi connectivity index (χ3n) is 1.96. The summed E-state index contributed by atoms with van der Waals surface area (Å²) in [6.45, 7) is 4.21. The molecule has 0 saturated carbocycles. The van der Waals surface area contributed by atoms with Crippen molar-refractivity contribution in [3.8, 4) is 5.75 Å². The molecule has 0 aromatic heterocycles. The number of hydrogen-bond acceptors (Lipinski definition) is 4. The zero-order valence-corrected chi connectivity index (χ0v) is 10.7. The fraction of sp³-hybridized carbons (Fsp3) is 0.417. The fourth-order valence-corrected chi connectivity index (χ4v) is 1.47. The Balaban J connectivity index is 2.87. The summed E-state index contributed by atoms with van der Waals surface area (Å²) in [6, 6.07) is 4.87. The SMILES string of the molecule is CCOC(=O)c1cccc(OCC(C)N)c1Cl. The van der Waals surface area contributed by atoms with Gasteiger partial charge in [0.2, 0.25) is 0 Å². The Hall–Kier alpha value is -1.26. The summed E-state index contributed by atoms with van der Waals surface area (Å²) in [5, 5.41) is 0.256. The maximum atomic E-state index is 11.6. The Kier molecular flexibility index (Phi) is 5.25. The smallest absolute Gasteiger partial charge is 0.339 e. The monoisotopic (exact) mass is 257 g/mol. The van der Waals surface area contributed by atoms with Gasteiger partial charge in [0.05, 0.1) is 17.2 Å². The van der Waals surface area contributed by atoms with Crippen molar-refractivity contribution in [1.82, 2.24) is 0 Å². The minimum Gasteiger partial charge on any atom is -0.490 e. The van der Waals surface area contributed by atoms with Crippen molar-refractivity contribution in [1.29, 1.82) is 0 Å². The first kappa shape index (κ1) is 13.8. The Bertz CT molecular complexity index is 393. The van der Waals surface area contributed by atoms with Crippen molar-refractivity contribution in [2.45, 2.75) is 19.9 Å². The van der Waals surface area contributed by atoms with Crippen LogP contribution < -0.4 is 10.5 Å². The van der Waals surface area contributed by atoms with Gasteiger partial charge in [-0.2, -0.15) is 0 Å². The molecule has 0 aliphatic carbocycles. The van der Waals surface area contributed by atoms with Crippen molar-refractivity contribution in [2.24, 2.45) is 5.73 Å². The van der Waals surface area contributed by atoms with Crippen LogP contribution in [0.2, 0.25) is 5.02 Å². The molecule has 1 atom stereocenters. The molecule has 1 aromatic carbocycles. The topological polar surface area (TPSA) is 61.5 Å². The highest BCUT2D eigenvalue weighted by Crippen LogP contribution is 2.28. The van der Waals surface area contributed by atoms with E-state index in [1.54, 1.807) is 25.1 Å². The van der Waals surface area contributed by atoms with Crippen LogP contribution in [0.25, 0.3) is 0 Å². The Morgan fingerprint density at radius 1 is 1.53 bits per heavy atom. The average Bonchev–Trinajstić information content (AvgIpc) is 2.27. The number of benzene rings is 1. The van der Waals surface area contributed by atoms with E-state index in [2.05, 4.69) is 0 Å². The summed E-state index contributed by atoms with van der Waals surface area (Å²) in [7, 11) is 0. The van der Waals surface area contributed by atoms with Crippen LogP contribution in [0.5, 0.6) is 5.75 Å². The third kappa shape index (κ3) is 3.91. The van der Waals surface area contributed by atoms with Crippen molar-refractivity contribution in [2.75, 3.05) is 13.2 Å². The fourth-order valence-electron chi connectivity index (χ4n) is 1.21. The number of esters is 1. The molecular formula is C12H16ClNO3. The first-order valence-corrected chi connectivity index (χ1v) is 5.78. The van der Waals surface area contributed by atoms with Gasteiger partial charge in [-0.25, -0.2) is 4.79 Å². The molecule has 5 heteroatoms. The zero-order valence-electron chi connectivity index (χ0n) is 9.90. The van der Waals surface area contributed by atoms with E-state index in [1.807, 2.05) is 6.92 Å². The minimum atomic E-state index is -0.455. The van der Waals surface area contributed by atoms with Gasteiger partial charge in [0.25, 0.3) is 0 Å². The van der Waals surface area contributed by atoms with Gasteiger partial charge in [-0.15, -0.1) is 0 Å². The normalized spacial score (nSPS) is 12.0. The van der Waals surface area contributed by atoms with Crippen LogP contribution in [0.3, 0.4) is 0 Å². The standard InChI is InChI=1S/C12H16ClNO3/c1-3-16-12(15)9-5-4-6-10(11(9)13)17-7-8(2)14/h4-6,8H,3,7,14H2,1-2H3. The highest BCUT2D eigenvalue weighted by atomic mass is 35.5. The van der Waals surface area contributed by atoms with E-state index in [0.717, 1.165) is 0 Å². The van der Waals surface area contributed by atoms with Crippen molar-refractivity contribution < 1.29 is 14.3 Å². The Morgan fingerprint density at radius 2 is 2.24 bits per heavy atom. The van der Waals surface area contributed by atoms with Crippen LogP contribution >= 0.6 is 11.6 Å². The number of nitrogens with two attached hydrogens (primary N) is 1. The molecule has 2 N–H and O–H groups in total. The maximum absolute atomic E-state index is 11.6. The second-order valence-corrected chi connectivity index (χ2v) is 4.00. The van der Waals surface area contributed by atoms with E-state index in [-0.39, 0.29) is 11.1 Å². The highest BCUT2D eigenvalue weighted by molar-refractivity contribution is 6.35. The van der Waals surface area contributed by atoms with Gasteiger partial charge in [-0.05, 0) is 26.0 Å². The van der Waals surface area contributed by atoms with Crippen molar-refractivity contribution in [3.63, 3.8) is 0 Å². The molecular weight excluding hydrogens is 242 g/mol. The van der Waals surface area contributed by atoms with Crippen LogP contribution in [-0.2, 0) is 4.74 Å². The molecule has 1 aromatic rings. The summed E-state index contributed by atoms with van der Waals surface area (Å²) in [5.41, 5.74) is 5.88. The van der Waals surface area contributed by atoms with E-state index < -0.39 is 5.97 Å². The molecule has 0 radical (unpaired) electrons. The van der Waals surface area contributed by atoms with E-state index in [9.17, 15) is 4.79 Å². The Labute approximate surface area is 106 Å². The Morgan fingerprint density at radius 3 is 2.82 bits per heavy atom. The van der Waals surface area contributed by atoms with Crippen LogP contribution in [0.4, 0.5) is 0 Å². The van der Waals surface area contributed by atoms with Crippen LogP contribution in [-0.4, -0.2) is 25.2 Å². The molecule has 0 bridgehead atoms. The predicted molar refractivity (Wildman–Crippen MR) is 66.6 cm³/mol. The molecule has 17 heavy (non-hydrogen) atoms. The van der Waals surface area contributed by atoms with Crippen molar-refractivity contribution in [3.05, 3.63) is 28.8 Å². The number of ether oxygens (including phenoxy) is 2. The molecule has 1 rings (SSSR count). The maximum Gasteiger partial charge on any atom is 0.339 e. The lowest BCUT2D eigenvalue weighted by Gasteiger charge is -2.12. The van der Waals surface area contributed by atoms with E-state index in [4.69, 9.17) is 26.8 Å². The molecule has 0 heterocycles. The van der Waals surface area contributed by atoms with Gasteiger partial charge in [-0.1, -0.05) is 17.7 Å². The first-order valence-electron chi connectivity index (χ1n) is 5.40. The molecule has 0 aliphatic heterocycles.